The first kappa shape index (κ1) is 23.1. The fraction of sp³-hybridized carbons (Fsp3) is 0.318. The van der Waals surface area contributed by atoms with Crippen molar-refractivity contribution in [2.24, 2.45) is 0 Å². The highest BCUT2D eigenvalue weighted by Crippen LogP contribution is 2.32. The average molecular weight is 431 g/mol. The first-order chi connectivity index (χ1) is 14.0. The zero-order valence-electron chi connectivity index (χ0n) is 17.7. The van der Waals surface area contributed by atoms with Crippen molar-refractivity contribution >= 4 is 21.6 Å². The van der Waals surface area contributed by atoms with Crippen LogP contribution >= 0.6 is 0 Å². The highest BCUT2D eigenvalue weighted by atomic mass is 32.2. The number of carbonyl (C=O) groups excluding carboxylic acids is 1. The Kier molecular flexibility index (Phi) is 7.00. The van der Waals surface area contributed by atoms with Crippen LogP contribution in [0, 0.1) is 19.3 Å². The van der Waals surface area contributed by atoms with E-state index >= 15 is 0 Å². The minimum absolute atomic E-state index is 0.0373. The minimum Gasteiger partial charge on any atom is -0.493 e. The molecular weight excluding hydrogens is 404 g/mol. The monoisotopic (exact) mass is 430 g/mol. The van der Waals surface area contributed by atoms with Gasteiger partial charge in [0.25, 0.3) is 10.0 Å². The summed E-state index contributed by atoms with van der Waals surface area (Å²) in [6, 6.07) is 11.1. The van der Waals surface area contributed by atoms with E-state index in [1.54, 1.807) is 38.1 Å². The lowest BCUT2D eigenvalue weighted by Crippen LogP contribution is -2.48. The van der Waals surface area contributed by atoms with Gasteiger partial charge in [-0.2, -0.15) is 0 Å². The van der Waals surface area contributed by atoms with Gasteiger partial charge in [0.15, 0.2) is 11.5 Å². The number of ether oxygens (including phenoxy) is 2. The molecule has 1 N–H and O–H groups in total. The first-order valence-electron chi connectivity index (χ1n) is 9.14. The molecular formula is C22H26N2O5S. The lowest BCUT2D eigenvalue weighted by atomic mass is 10.1. The normalized spacial score (nSPS) is 11.3. The number of benzene rings is 2. The van der Waals surface area contributed by atoms with E-state index < -0.39 is 28.0 Å². The molecule has 0 fully saturated rings. The number of amides is 1. The van der Waals surface area contributed by atoms with Gasteiger partial charge in [-0.05, 0) is 45.0 Å². The Hall–Kier alpha value is -3.18. The van der Waals surface area contributed by atoms with Gasteiger partial charge in [0, 0.05) is 6.07 Å². The van der Waals surface area contributed by atoms with E-state index in [1.807, 2.05) is 6.92 Å². The molecule has 0 spiro atoms. The van der Waals surface area contributed by atoms with E-state index in [0.29, 0.717) is 11.4 Å². The minimum atomic E-state index is -4.10. The van der Waals surface area contributed by atoms with Crippen molar-refractivity contribution in [3.63, 3.8) is 0 Å². The number of nitrogens with zero attached hydrogens (tertiary/aromatic N) is 1. The first-order valence-corrected chi connectivity index (χ1v) is 10.6. The Bertz CT molecular complexity index is 1050. The van der Waals surface area contributed by atoms with Crippen molar-refractivity contribution in [3.8, 4) is 23.8 Å². The number of terminal acetylenes is 1. The Morgan fingerprint density at radius 1 is 1.10 bits per heavy atom. The third-order valence-electron chi connectivity index (χ3n) is 4.36. The highest BCUT2D eigenvalue weighted by Gasteiger charge is 2.29. The molecule has 2 rings (SSSR count). The second-order valence-electron chi connectivity index (χ2n) is 7.18. The maximum absolute atomic E-state index is 13.5. The van der Waals surface area contributed by atoms with Crippen LogP contribution in [-0.4, -0.2) is 40.6 Å². The summed E-state index contributed by atoms with van der Waals surface area (Å²) < 4.78 is 38.4. The lowest BCUT2D eigenvalue weighted by Gasteiger charge is -2.27. The summed E-state index contributed by atoms with van der Waals surface area (Å²) in [4.78, 5) is 12.6. The number of nitrogens with one attached hydrogen (secondary N) is 1. The van der Waals surface area contributed by atoms with Gasteiger partial charge in [-0.15, -0.1) is 6.42 Å². The van der Waals surface area contributed by atoms with Gasteiger partial charge in [0.05, 0.1) is 30.3 Å². The van der Waals surface area contributed by atoms with Gasteiger partial charge in [-0.25, -0.2) is 8.42 Å². The van der Waals surface area contributed by atoms with Gasteiger partial charge in [-0.1, -0.05) is 23.6 Å². The number of aryl methyl sites for hydroxylation is 1. The number of sulfonamides is 1. The van der Waals surface area contributed by atoms with E-state index in [2.05, 4.69) is 11.2 Å². The molecule has 0 bridgehead atoms. The summed E-state index contributed by atoms with van der Waals surface area (Å²) in [5, 5.41) is 2.66. The summed E-state index contributed by atoms with van der Waals surface area (Å²) in [6.45, 7) is 4.76. The number of rotatable bonds is 8. The van der Waals surface area contributed by atoms with E-state index in [0.717, 1.165) is 9.87 Å². The molecule has 0 aliphatic carbocycles. The molecule has 0 heterocycles. The summed E-state index contributed by atoms with van der Waals surface area (Å²) >= 11 is 0. The van der Waals surface area contributed by atoms with Crippen molar-refractivity contribution in [1.29, 1.82) is 0 Å². The highest BCUT2D eigenvalue weighted by molar-refractivity contribution is 7.92. The van der Waals surface area contributed by atoms with Crippen LogP contribution in [0.25, 0.3) is 0 Å². The average Bonchev–Trinajstić information content (AvgIpc) is 2.71. The summed E-state index contributed by atoms with van der Waals surface area (Å²) in [5.41, 5.74) is 0.396. The van der Waals surface area contributed by atoms with Crippen LogP contribution in [0.1, 0.15) is 19.4 Å². The standard InChI is InChI=1S/C22H26N2O5S/c1-7-22(3,4)23-21(25)15-24(17-10-8-16(2)9-11-17)30(26,27)18-12-13-19(28-5)20(14-18)29-6/h1,8-14H,15H2,2-6H3,(H,23,25). The predicted octanol–water partition coefficient (Wildman–Crippen LogP) is 2.74. The van der Waals surface area contributed by atoms with Crippen LogP contribution in [0.2, 0.25) is 0 Å². The fourth-order valence-corrected chi connectivity index (χ4v) is 4.12. The van der Waals surface area contributed by atoms with Crippen molar-refractivity contribution in [3.05, 3.63) is 48.0 Å². The van der Waals surface area contributed by atoms with Crippen LogP contribution in [0.4, 0.5) is 5.69 Å². The second-order valence-corrected chi connectivity index (χ2v) is 9.04. The molecule has 0 aliphatic rings. The molecule has 2 aromatic rings. The van der Waals surface area contributed by atoms with Crippen LogP contribution in [-0.2, 0) is 14.8 Å². The van der Waals surface area contributed by atoms with Gasteiger partial charge in [0.1, 0.15) is 6.54 Å². The van der Waals surface area contributed by atoms with Crippen LogP contribution in [0.15, 0.2) is 47.4 Å². The molecule has 0 aromatic heterocycles. The molecule has 8 heteroatoms. The number of hydrogen-bond donors (Lipinski definition) is 1. The maximum Gasteiger partial charge on any atom is 0.264 e. The smallest absolute Gasteiger partial charge is 0.264 e. The Morgan fingerprint density at radius 3 is 2.23 bits per heavy atom. The van der Waals surface area contributed by atoms with E-state index in [4.69, 9.17) is 15.9 Å². The Balaban J connectivity index is 2.51. The molecule has 0 saturated carbocycles. The molecule has 0 atom stereocenters. The Labute approximate surface area is 178 Å². The molecule has 0 unspecified atom stereocenters. The Morgan fingerprint density at radius 2 is 1.70 bits per heavy atom. The molecule has 160 valence electrons. The molecule has 0 saturated heterocycles. The second kappa shape index (κ2) is 9.09. The number of methoxy groups -OCH3 is 2. The molecule has 0 aliphatic heterocycles. The topological polar surface area (TPSA) is 84.9 Å². The molecule has 0 radical (unpaired) electrons. The zero-order chi connectivity index (χ0) is 22.5. The molecule has 7 nitrogen and oxygen atoms in total. The van der Waals surface area contributed by atoms with E-state index in [-0.39, 0.29) is 10.6 Å². The number of carbonyl (C=O) groups is 1. The van der Waals surface area contributed by atoms with Crippen molar-refractivity contribution in [2.45, 2.75) is 31.2 Å². The fourth-order valence-electron chi connectivity index (χ4n) is 2.68. The maximum atomic E-state index is 13.5. The van der Waals surface area contributed by atoms with Crippen molar-refractivity contribution < 1.29 is 22.7 Å². The third kappa shape index (κ3) is 5.24. The van der Waals surface area contributed by atoms with Crippen LogP contribution < -0.4 is 19.1 Å². The predicted molar refractivity (Wildman–Crippen MR) is 116 cm³/mol. The van der Waals surface area contributed by atoms with Gasteiger partial charge >= 0.3 is 0 Å². The number of anilines is 1. The van der Waals surface area contributed by atoms with Gasteiger partial charge < -0.3 is 14.8 Å². The quantitative estimate of drug-likeness (QED) is 0.651. The summed E-state index contributed by atoms with van der Waals surface area (Å²) in [5.74, 6) is 2.59. The summed E-state index contributed by atoms with van der Waals surface area (Å²) in [6.07, 6.45) is 5.43. The van der Waals surface area contributed by atoms with Crippen LogP contribution in [0.3, 0.4) is 0 Å². The van der Waals surface area contributed by atoms with E-state index in [9.17, 15) is 13.2 Å². The SMILES string of the molecule is C#CC(C)(C)NC(=O)CN(c1ccc(C)cc1)S(=O)(=O)c1ccc(OC)c(OC)c1. The lowest BCUT2D eigenvalue weighted by molar-refractivity contribution is -0.120. The molecule has 1 amide bonds. The largest absolute Gasteiger partial charge is 0.493 e. The summed E-state index contributed by atoms with van der Waals surface area (Å²) in [7, 11) is -1.22. The third-order valence-corrected chi connectivity index (χ3v) is 6.13. The van der Waals surface area contributed by atoms with Crippen molar-refractivity contribution in [2.75, 3.05) is 25.1 Å². The van der Waals surface area contributed by atoms with Gasteiger partial charge in [-0.3, -0.25) is 9.10 Å². The zero-order valence-corrected chi connectivity index (χ0v) is 18.5. The molecule has 30 heavy (non-hydrogen) atoms. The van der Waals surface area contributed by atoms with Crippen LogP contribution in [0.5, 0.6) is 11.5 Å². The molecule has 2 aromatic carbocycles. The van der Waals surface area contributed by atoms with E-state index in [1.165, 1.54) is 32.4 Å². The van der Waals surface area contributed by atoms with Gasteiger partial charge in [0.2, 0.25) is 5.91 Å². The number of hydrogen-bond acceptors (Lipinski definition) is 5. The van der Waals surface area contributed by atoms with Crippen molar-refractivity contribution in [1.82, 2.24) is 5.32 Å².